The number of pyridine rings is 2. The lowest BCUT2D eigenvalue weighted by Crippen LogP contribution is -2.49. The second-order valence-electron chi connectivity index (χ2n) is 11.6. The van der Waals surface area contributed by atoms with Gasteiger partial charge in [-0.3, -0.25) is 9.59 Å². The first-order valence-corrected chi connectivity index (χ1v) is 15.4. The first kappa shape index (κ1) is 29.7. The van der Waals surface area contributed by atoms with Crippen LogP contribution in [0.5, 0.6) is 0 Å². The molecule has 10 nitrogen and oxygen atoms in total. The minimum atomic E-state index is -0.263. The Kier molecular flexibility index (Phi) is 8.81. The Bertz CT molecular complexity index is 1620. The number of anilines is 4. The maximum atomic E-state index is 13.9. The molecule has 44 heavy (non-hydrogen) atoms. The second kappa shape index (κ2) is 13.1. The Balaban J connectivity index is 1.30. The molecule has 10 heteroatoms. The summed E-state index contributed by atoms with van der Waals surface area (Å²) in [5.41, 5.74) is 5.60. The van der Waals surface area contributed by atoms with E-state index in [1.165, 1.54) is 4.57 Å². The normalized spacial score (nSPS) is 19.0. The Morgan fingerprint density at radius 3 is 2.61 bits per heavy atom. The van der Waals surface area contributed by atoms with E-state index in [1.807, 2.05) is 36.4 Å². The van der Waals surface area contributed by atoms with E-state index >= 15 is 0 Å². The molecule has 5 heterocycles. The number of aromatic nitrogens is 2. The zero-order valence-corrected chi connectivity index (χ0v) is 25.3. The largest absolute Gasteiger partial charge is 0.392 e. The van der Waals surface area contributed by atoms with Crippen molar-refractivity contribution in [2.75, 3.05) is 61.1 Å². The van der Waals surface area contributed by atoms with Gasteiger partial charge in [0.2, 0.25) is 0 Å². The van der Waals surface area contributed by atoms with Gasteiger partial charge in [-0.1, -0.05) is 30.7 Å². The highest BCUT2D eigenvalue weighted by Crippen LogP contribution is 2.35. The van der Waals surface area contributed by atoms with Crippen LogP contribution in [0.15, 0.2) is 77.5 Å². The zero-order chi connectivity index (χ0) is 30.6. The molecule has 3 aliphatic heterocycles. The van der Waals surface area contributed by atoms with Crippen molar-refractivity contribution >= 4 is 28.8 Å². The van der Waals surface area contributed by atoms with Crippen LogP contribution in [0.2, 0.25) is 0 Å². The quantitative estimate of drug-likeness (QED) is 0.437. The predicted octanol–water partition coefficient (Wildman–Crippen LogP) is 4.18. The van der Waals surface area contributed by atoms with Crippen LogP contribution in [0.1, 0.15) is 31.2 Å². The number of morpholine rings is 1. The molecule has 230 valence electrons. The summed E-state index contributed by atoms with van der Waals surface area (Å²) in [7, 11) is 1.70. The van der Waals surface area contributed by atoms with Gasteiger partial charge in [-0.05, 0) is 55.2 Å². The van der Waals surface area contributed by atoms with E-state index in [9.17, 15) is 14.7 Å². The van der Waals surface area contributed by atoms with Gasteiger partial charge in [0.25, 0.3) is 11.5 Å². The first-order chi connectivity index (χ1) is 21.4. The summed E-state index contributed by atoms with van der Waals surface area (Å²) >= 11 is 0. The third-order valence-electron chi connectivity index (χ3n) is 8.65. The number of nitrogens with zero attached hydrogens (tertiary/aromatic N) is 5. The van der Waals surface area contributed by atoms with E-state index in [2.05, 4.69) is 26.7 Å². The summed E-state index contributed by atoms with van der Waals surface area (Å²) in [4.78, 5) is 37.8. The van der Waals surface area contributed by atoms with Crippen LogP contribution in [-0.4, -0.2) is 71.4 Å². The summed E-state index contributed by atoms with van der Waals surface area (Å²) in [6, 6.07) is 11.3. The van der Waals surface area contributed by atoms with Crippen molar-refractivity contribution in [1.29, 1.82) is 0 Å². The third-order valence-corrected chi connectivity index (χ3v) is 8.65. The number of aryl methyl sites for hydroxylation is 1. The number of carbonyl (C=O) groups excluding carboxylic acids is 1. The van der Waals surface area contributed by atoms with Crippen LogP contribution in [0.4, 0.5) is 22.9 Å². The van der Waals surface area contributed by atoms with E-state index in [0.29, 0.717) is 54.8 Å². The van der Waals surface area contributed by atoms with Crippen molar-refractivity contribution in [2.45, 2.75) is 32.3 Å². The smallest absolute Gasteiger partial charge is 0.274 e. The lowest BCUT2D eigenvalue weighted by Gasteiger charge is -2.38. The van der Waals surface area contributed by atoms with Gasteiger partial charge in [-0.15, -0.1) is 0 Å². The minimum Gasteiger partial charge on any atom is -0.392 e. The maximum absolute atomic E-state index is 13.9. The SMILES string of the molecule is C=C1/C=C2/C(=O)N(c3cccc(-c4cc(Nc5ccc(N6CCOCC6)cn5)c(=O)n(C)c4)c3CO)CCN2CCCCC1. The van der Waals surface area contributed by atoms with E-state index in [0.717, 1.165) is 67.7 Å². The fraction of sp³-hybridized carbons (Fsp3) is 0.382. The van der Waals surface area contributed by atoms with Gasteiger partial charge >= 0.3 is 0 Å². The number of amides is 1. The van der Waals surface area contributed by atoms with E-state index < -0.39 is 0 Å². The molecule has 0 bridgehead atoms. The van der Waals surface area contributed by atoms with Crippen LogP contribution in [0.3, 0.4) is 0 Å². The molecule has 0 aliphatic carbocycles. The molecule has 6 rings (SSSR count). The number of hydrogen-bond acceptors (Lipinski definition) is 8. The van der Waals surface area contributed by atoms with Crippen LogP contribution in [0.25, 0.3) is 11.1 Å². The number of nitrogens with one attached hydrogen (secondary N) is 1. The number of allylic oxidation sites excluding steroid dienone is 2. The highest BCUT2D eigenvalue weighted by molar-refractivity contribution is 6.07. The summed E-state index contributed by atoms with van der Waals surface area (Å²) in [6.07, 6.45) is 9.63. The average Bonchev–Trinajstić information content (AvgIpc) is 3.14. The molecule has 2 aromatic heterocycles. The number of carbonyl (C=O) groups is 1. The van der Waals surface area contributed by atoms with Gasteiger partial charge in [0, 0.05) is 57.1 Å². The van der Waals surface area contributed by atoms with Gasteiger partial charge in [-0.25, -0.2) is 4.98 Å². The summed E-state index contributed by atoms with van der Waals surface area (Å²) in [5.74, 6) is 0.473. The Morgan fingerprint density at radius 1 is 1.00 bits per heavy atom. The third kappa shape index (κ3) is 6.13. The Labute approximate surface area is 257 Å². The molecule has 0 atom stereocenters. The van der Waals surface area contributed by atoms with E-state index in [-0.39, 0.29) is 18.1 Å². The Hall–Kier alpha value is -4.41. The van der Waals surface area contributed by atoms with Crippen molar-refractivity contribution in [1.82, 2.24) is 14.5 Å². The molecule has 2 fully saturated rings. The lowest BCUT2D eigenvalue weighted by molar-refractivity contribution is -0.117. The van der Waals surface area contributed by atoms with E-state index in [1.54, 1.807) is 30.4 Å². The fourth-order valence-electron chi connectivity index (χ4n) is 6.25. The maximum Gasteiger partial charge on any atom is 0.274 e. The first-order valence-electron chi connectivity index (χ1n) is 15.4. The summed E-state index contributed by atoms with van der Waals surface area (Å²) < 4.78 is 6.96. The molecule has 1 amide bonds. The highest BCUT2D eigenvalue weighted by atomic mass is 16.5. The van der Waals surface area contributed by atoms with Crippen LogP contribution < -0.4 is 20.7 Å². The second-order valence-corrected chi connectivity index (χ2v) is 11.6. The van der Waals surface area contributed by atoms with Gasteiger partial charge in [0.15, 0.2) is 0 Å². The van der Waals surface area contributed by atoms with Crippen molar-refractivity contribution in [2.24, 2.45) is 7.05 Å². The van der Waals surface area contributed by atoms with Crippen molar-refractivity contribution in [3.8, 4) is 11.1 Å². The molecule has 0 saturated carbocycles. The van der Waals surface area contributed by atoms with Crippen molar-refractivity contribution < 1.29 is 14.6 Å². The monoisotopic (exact) mass is 596 g/mol. The van der Waals surface area contributed by atoms with Crippen molar-refractivity contribution in [3.63, 3.8) is 0 Å². The molecule has 2 N–H and O–H groups in total. The highest BCUT2D eigenvalue weighted by Gasteiger charge is 2.32. The number of rotatable bonds is 6. The predicted molar refractivity (Wildman–Crippen MR) is 173 cm³/mol. The molecule has 0 unspecified atom stereocenters. The summed E-state index contributed by atoms with van der Waals surface area (Å²) in [6.45, 7) is 9.03. The summed E-state index contributed by atoms with van der Waals surface area (Å²) in [5, 5.41) is 13.8. The Morgan fingerprint density at radius 2 is 1.84 bits per heavy atom. The molecule has 1 aromatic carbocycles. The standard InChI is InChI=1S/C34H40N6O4/c1-24-7-4-3-5-12-39-13-14-40(34(43)31(39)19-24)30-9-6-8-27(28(30)23-41)25-20-29(33(42)37(2)22-25)36-32-11-10-26(21-35-32)38-15-17-44-18-16-38/h6,8-11,19-22,41H,1,3-5,7,12-18,23H2,2H3,(H,35,36)/b31-19-. The molecule has 2 saturated heterocycles. The van der Waals surface area contributed by atoms with Crippen molar-refractivity contribution in [3.05, 3.63) is 88.6 Å². The number of benzene rings is 1. The van der Waals surface area contributed by atoms with Gasteiger partial charge in [0.05, 0.1) is 37.4 Å². The zero-order valence-electron chi connectivity index (χ0n) is 25.3. The number of ether oxygens (including phenoxy) is 1. The fourth-order valence-corrected chi connectivity index (χ4v) is 6.25. The molecule has 0 radical (unpaired) electrons. The van der Waals surface area contributed by atoms with Crippen LogP contribution in [-0.2, 0) is 23.2 Å². The van der Waals surface area contributed by atoms with Gasteiger partial charge in [0.1, 0.15) is 17.2 Å². The molecule has 3 aliphatic rings. The molecule has 0 spiro atoms. The lowest BCUT2D eigenvalue weighted by atomic mass is 9.98. The van der Waals surface area contributed by atoms with Gasteiger partial charge in [-0.2, -0.15) is 0 Å². The average molecular weight is 597 g/mol. The topological polar surface area (TPSA) is 103 Å². The molecular weight excluding hydrogens is 556 g/mol. The van der Waals surface area contributed by atoms with Crippen LogP contribution in [0, 0.1) is 0 Å². The number of fused-ring (bicyclic) bond motifs is 1. The van der Waals surface area contributed by atoms with Crippen LogP contribution >= 0.6 is 0 Å². The number of hydrogen-bond donors (Lipinski definition) is 2. The number of piperazine rings is 1. The molecular formula is C34H40N6O4. The molecule has 3 aromatic rings. The number of aliphatic hydroxyl groups is 1. The number of aliphatic hydroxyl groups excluding tert-OH is 1. The van der Waals surface area contributed by atoms with E-state index in [4.69, 9.17) is 4.74 Å². The van der Waals surface area contributed by atoms with Gasteiger partial charge < -0.3 is 34.4 Å². The minimum absolute atomic E-state index is 0.0828.